The molecule has 0 spiro atoms. The van der Waals surface area contributed by atoms with Gasteiger partial charge in [-0.2, -0.15) is 0 Å². The molecule has 0 atom stereocenters. The maximum absolute atomic E-state index is 9.92. The molecule has 6 nitrogen and oxygen atoms in total. The number of rotatable bonds is 10. The first kappa shape index (κ1) is 24.2. The minimum absolute atomic E-state index is 0.202. The summed E-state index contributed by atoms with van der Waals surface area (Å²) in [6.07, 6.45) is 1.57. The first-order chi connectivity index (χ1) is 15.4. The maximum Gasteiger partial charge on any atom is 0.500 e. The third-order valence-electron chi connectivity index (χ3n) is 5.78. The van der Waals surface area contributed by atoms with Gasteiger partial charge in [0.25, 0.3) is 0 Å². The van der Waals surface area contributed by atoms with E-state index in [4.69, 9.17) is 13.3 Å². The molecule has 32 heavy (non-hydrogen) atoms. The monoisotopic (exact) mass is 473 g/mol. The zero-order chi connectivity index (χ0) is 23.2. The van der Waals surface area contributed by atoms with Crippen molar-refractivity contribution >= 4 is 32.0 Å². The van der Waals surface area contributed by atoms with Crippen molar-refractivity contribution in [2.75, 3.05) is 27.5 Å². The SMILES string of the molecule is CO[Si](CCC[P+](c1ccc(O)cc1)(c1ccc(O)cc1)c1ccc(O)cc1)(OC)OC. The Kier molecular flexibility index (Phi) is 7.93. The Labute approximate surface area is 190 Å². The van der Waals surface area contributed by atoms with Crippen LogP contribution in [-0.4, -0.2) is 51.6 Å². The molecule has 0 amide bonds. The normalized spacial score (nSPS) is 12.1. The highest BCUT2D eigenvalue weighted by Gasteiger charge is 2.47. The van der Waals surface area contributed by atoms with E-state index in [1.54, 1.807) is 57.7 Å². The van der Waals surface area contributed by atoms with E-state index in [2.05, 4.69) is 0 Å². The average molecular weight is 474 g/mol. The van der Waals surface area contributed by atoms with Gasteiger partial charge in [0, 0.05) is 27.4 Å². The summed E-state index contributed by atoms with van der Waals surface area (Å²) in [7, 11) is -0.119. The molecule has 0 heterocycles. The van der Waals surface area contributed by atoms with Crippen molar-refractivity contribution in [3.05, 3.63) is 72.8 Å². The standard InChI is InChI=1S/C24H29O6PSi/c1-28-32(29-2,30-3)18-4-17-31(22-11-5-19(25)6-12-22,23-13-7-20(26)8-14-23)24-15-9-21(27)10-16-24/h5-16H,4,17-18H2,1-3H3,(H2-,25,26,27)/p+1. The minimum atomic E-state index is -2.75. The van der Waals surface area contributed by atoms with Crippen molar-refractivity contribution in [3.8, 4) is 17.2 Å². The largest absolute Gasteiger partial charge is 0.508 e. The van der Waals surface area contributed by atoms with Crippen LogP contribution in [0.15, 0.2) is 72.8 Å². The van der Waals surface area contributed by atoms with E-state index < -0.39 is 16.1 Å². The smallest absolute Gasteiger partial charge is 0.500 e. The number of hydrogen-bond acceptors (Lipinski definition) is 6. The van der Waals surface area contributed by atoms with E-state index in [1.807, 2.05) is 36.4 Å². The third-order valence-corrected chi connectivity index (χ3v) is 13.1. The molecule has 3 rings (SSSR count). The molecule has 3 aromatic rings. The van der Waals surface area contributed by atoms with Crippen LogP contribution in [0.4, 0.5) is 0 Å². The van der Waals surface area contributed by atoms with Crippen molar-refractivity contribution < 1.29 is 28.6 Å². The van der Waals surface area contributed by atoms with Crippen molar-refractivity contribution in [1.29, 1.82) is 0 Å². The van der Waals surface area contributed by atoms with Crippen molar-refractivity contribution in [1.82, 2.24) is 0 Å². The Hall–Kier alpha value is -2.41. The van der Waals surface area contributed by atoms with Crippen LogP contribution in [0.3, 0.4) is 0 Å². The van der Waals surface area contributed by atoms with Crippen LogP contribution in [0.2, 0.25) is 6.04 Å². The lowest BCUT2D eigenvalue weighted by Gasteiger charge is -2.29. The second kappa shape index (κ2) is 10.5. The molecule has 3 N–H and O–H groups in total. The van der Waals surface area contributed by atoms with E-state index in [9.17, 15) is 15.3 Å². The predicted octanol–water partition coefficient (Wildman–Crippen LogP) is 3.37. The van der Waals surface area contributed by atoms with Gasteiger partial charge in [-0.05, 0) is 79.2 Å². The van der Waals surface area contributed by atoms with Crippen LogP contribution in [-0.2, 0) is 13.3 Å². The lowest BCUT2D eigenvalue weighted by Crippen LogP contribution is -2.43. The zero-order valence-corrected chi connectivity index (χ0v) is 20.5. The second-order valence-electron chi connectivity index (χ2n) is 7.48. The third kappa shape index (κ3) is 4.98. The maximum atomic E-state index is 9.92. The van der Waals surface area contributed by atoms with E-state index >= 15 is 0 Å². The molecule has 0 aliphatic heterocycles. The van der Waals surface area contributed by atoms with Gasteiger partial charge in [0.15, 0.2) is 0 Å². The first-order valence-corrected chi connectivity index (χ1v) is 14.2. The number of hydrogen-bond donors (Lipinski definition) is 3. The van der Waals surface area contributed by atoms with Crippen LogP contribution < -0.4 is 15.9 Å². The molecule has 0 fully saturated rings. The molecule has 0 aliphatic rings. The van der Waals surface area contributed by atoms with Crippen LogP contribution >= 0.6 is 7.26 Å². The second-order valence-corrected chi connectivity index (χ2v) is 14.2. The summed E-state index contributed by atoms with van der Waals surface area (Å²) in [5.41, 5.74) is 0. The van der Waals surface area contributed by atoms with E-state index in [-0.39, 0.29) is 17.2 Å². The van der Waals surface area contributed by atoms with E-state index in [1.165, 1.54) is 0 Å². The Morgan fingerprint density at radius 1 is 0.594 bits per heavy atom. The van der Waals surface area contributed by atoms with Gasteiger partial charge in [0.05, 0.1) is 6.16 Å². The van der Waals surface area contributed by atoms with E-state index in [0.29, 0.717) is 6.04 Å². The van der Waals surface area contributed by atoms with Crippen LogP contribution in [0, 0.1) is 0 Å². The highest BCUT2D eigenvalue weighted by atomic mass is 31.2. The number of phenols is 3. The molecule has 0 bridgehead atoms. The molecular weight excluding hydrogens is 443 g/mol. The van der Waals surface area contributed by atoms with Gasteiger partial charge in [0.2, 0.25) is 0 Å². The van der Waals surface area contributed by atoms with Gasteiger partial charge < -0.3 is 28.6 Å². The highest BCUT2D eigenvalue weighted by molar-refractivity contribution is 7.95. The molecule has 8 heteroatoms. The molecule has 0 radical (unpaired) electrons. The van der Waals surface area contributed by atoms with Gasteiger partial charge in [-0.25, -0.2) is 0 Å². The molecule has 3 aromatic carbocycles. The number of benzene rings is 3. The summed E-state index contributed by atoms with van der Waals surface area (Å²) in [6.45, 7) is 0. The topological polar surface area (TPSA) is 88.4 Å². The summed E-state index contributed by atoms with van der Waals surface area (Å²) >= 11 is 0. The summed E-state index contributed by atoms with van der Waals surface area (Å²) < 4.78 is 16.9. The van der Waals surface area contributed by atoms with Crippen molar-refractivity contribution in [3.63, 3.8) is 0 Å². The van der Waals surface area contributed by atoms with Gasteiger partial charge in [0.1, 0.15) is 40.4 Å². The molecule has 0 saturated heterocycles. The predicted molar refractivity (Wildman–Crippen MR) is 131 cm³/mol. The molecule has 0 aliphatic carbocycles. The number of aromatic hydroxyl groups is 3. The summed E-state index contributed by atoms with van der Waals surface area (Å²) in [4.78, 5) is 0. The average Bonchev–Trinajstić information content (AvgIpc) is 2.82. The zero-order valence-electron chi connectivity index (χ0n) is 18.6. The summed E-state index contributed by atoms with van der Waals surface area (Å²) in [5.74, 6) is 0.605. The highest BCUT2D eigenvalue weighted by Crippen LogP contribution is 2.56. The van der Waals surface area contributed by atoms with Gasteiger partial charge in [-0.15, -0.1) is 0 Å². The molecule has 170 valence electrons. The lowest BCUT2D eigenvalue weighted by atomic mass is 10.3. The fourth-order valence-electron chi connectivity index (χ4n) is 4.04. The quantitative estimate of drug-likeness (QED) is 0.309. The van der Waals surface area contributed by atoms with Crippen molar-refractivity contribution in [2.24, 2.45) is 0 Å². The lowest BCUT2D eigenvalue weighted by molar-refractivity contribution is 0.123. The molecular formula is C24H30O6PSi+. The molecule has 0 unspecified atom stereocenters. The Morgan fingerprint density at radius 2 is 0.906 bits per heavy atom. The van der Waals surface area contributed by atoms with Gasteiger partial charge >= 0.3 is 8.80 Å². The number of phenolic OH excluding ortho intramolecular Hbond substituents is 3. The fraction of sp³-hybridized carbons (Fsp3) is 0.250. The summed E-state index contributed by atoms with van der Waals surface area (Å²) in [5, 5.41) is 33.0. The van der Waals surface area contributed by atoms with Crippen molar-refractivity contribution in [2.45, 2.75) is 12.5 Å². The fourth-order valence-corrected chi connectivity index (χ4v) is 10.3. The summed E-state index contributed by atoms with van der Waals surface area (Å²) in [6, 6.07) is 22.6. The Balaban J connectivity index is 2.15. The van der Waals surface area contributed by atoms with Gasteiger partial charge in [-0.1, -0.05) is 0 Å². The first-order valence-electron chi connectivity index (χ1n) is 10.3. The minimum Gasteiger partial charge on any atom is -0.508 e. The van der Waals surface area contributed by atoms with Crippen LogP contribution in [0.1, 0.15) is 6.42 Å². The molecule has 0 aromatic heterocycles. The molecule has 0 saturated carbocycles. The van der Waals surface area contributed by atoms with Crippen LogP contribution in [0.25, 0.3) is 0 Å². The van der Waals surface area contributed by atoms with Gasteiger partial charge in [-0.3, -0.25) is 0 Å². The van der Waals surface area contributed by atoms with Crippen LogP contribution in [0.5, 0.6) is 17.2 Å². The Morgan fingerprint density at radius 3 is 1.19 bits per heavy atom. The Bertz CT molecular complexity index is 869. The van der Waals surface area contributed by atoms with E-state index in [0.717, 1.165) is 28.5 Å².